The molecule has 1 amide bonds. The van der Waals surface area contributed by atoms with Crippen molar-refractivity contribution in [1.82, 2.24) is 5.01 Å². The van der Waals surface area contributed by atoms with Gasteiger partial charge in [0.1, 0.15) is 0 Å². The molecule has 0 aliphatic heterocycles. The van der Waals surface area contributed by atoms with Gasteiger partial charge in [0.15, 0.2) is 0 Å². The summed E-state index contributed by atoms with van der Waals surface area (Å²) in [6.45, 7) is 1.83. The Labute approximate surface area is 59.9 Å². The summed E-state index contributed by atoms with van der Waals surface area (Å²) in [5.41, 5.74) is 5.39. The van der Waals surface area contributed by atoms with Crippen molar-refractivity contribution in [1.29, 1.82) is 0 Å². The molecule has 0 aromatic heterocycles. The van der Waals surface area contributed by atoms with E-state index < -0.39 is 12.3 Å². The predicted molar refractivity (Wildman–Crippen MR) is 36.7 cm³/mol. The fourth-order valence-corrected chi connectivity index (χ4v) is 0.437. The zero-order valence-corrected chi connectivity index (χ0v) is 6.20. The Morgan fingerprint density at radius 2 is 2.30 bits per heavy atom. The van der Waals surface area contributed by atoms with Gasteiger partial charge in [-0.2, -0.15) is 0 Å². The predicted octanol–water partition coefficient (Wildman–Crippen LogP) is -0.377. The van der Waals surface area contributed by atoms with Crippen LogP contribution in [0.1, 0.15) is 13.3 Å². The minimum atomic E-state index is -0.616. The molecule has 0 spiro atoms. The molecule has 0 bridgehead atoms. The summed E-state index contributed by atoms with van der Waals surface area (Å²) in [7, 11) is 1.25. The number of nitrogens with two attached hydrogens (primary N) is 2. The Morgan fingerprint density at radius 1 is 1.80 bits per heavy atom. The summed E-state index contributed by atoms with van der Waals surface area (Å²) in [5, 5.41) is 0.861. The van der Waals surface area contributed by atoms with Gasteiger partial charge >= 0.3 is 6.09 Å². The first kappa shape index (κ1) is 9.19. The van der Waals surface area contributed by atoms with Gasteiger partial charge in [0.05, 0.1) is 13.3 Å². The van der Waals surface area contributed by atoms with Crippen molar-refractivity contribution < 1.29 is 9.53 Å². The number of hydrogen-bond donors (Lipinski definition) is 2. The largest absolute Gasteiger partial charge is 0.452 e. The molecule has 5 heteroatoms. The van der Waals surface area contributed by atoms with Crippen molar-refractivity contribution in [2.24, 2.45) is 11.6 Å². The second kappa shape index (κ2) is 4.08. The van der Waals surface area contributed by atoms with Crippen molar-refractivity contribution >= 4 is 6.09 Å². The van der Waals surface area contributed by atoms with Gasteiger partial charge in [0, 0.05) is 0 Å². The first-order valence-electron chi connectivity index (χ1n) is 3.01. The van der Waals surface area contributed by atoms with Gasteiger partial charge in [-0.05, 0) is 6.42 Å². The second-order valence-electron chi connectivity index (χ2n) is 1.85. The van der Waals surface area contributed by atoms with Crippen LogP contribution in [-0.4, -0.2) is 24.4 Å². The third-order valence-corrected chi connectivity index (χ3v) is 1.16. The number of amides is 1. The Bertz CT molecular complexity index is 117. The molecule has 0 aliphatic carbocycles. The maximum absolute atomic E-state index is 10.6. The van der Waals surface area contributed by atoms with Crippen LogP contribution in [0.15, 0.2) is 0 Å². The zero-order chi connectivity index (χ0) is 8.15. The Hall–Kier alpha value is -0.810. The molecule has 60 valence electrons. The molecule has 0 aromatic rings. The lowest BCUT2D eigenvalue weighted by Gasteiger charge is -2.20. The number of hydrazine groups is 1. The molecule has 10 heavy (non-hydrogen) atoms. The van der Waals surface area contributed by atoms with E-state index in [4.69, 9.17) is 11.6 Å². The molecule has 0 aromatic carbocycles. The summed E-state index contributed by atoms with van der Waals surface area (Å²) in [6.07, 6.45) is -0.479. The molecule has 0 radical (unpaired) electrons. The van der Waals surface area contributed by atoms with Crippen molar-refractivity contribution in [3.8, 4) is 0 Å². The summed E-state index contributed by atoms with van der Waals surface area (Å²) < 4.78 is 4.32. The van der Waals surface area contributed by atoms with E-state index in [0.717, 1.165) is 5.01 Å². The van der Waals surface area contributed by atoms with Gasteiger partial charge in [-0.1, -0.05) is 6.92 Å². The van der Waals surface area contributed by atoms with Crippen LogP contribution in [0.3, 0.4) is 0 Å². The standard InChI is InChI=1S/C5H13N3O2/c1-3-4(6)8(7)5(9)10-2/h4H,3,6-7H2,1-2H3/t4-/m0/s1. The van der Waals surface area contributed by atoms with Crippen LogP contribution < -0.4 is 11.6 Å². The summed E-state index contributed by atoms with van der Waals surface area (Å²) in [5.74, 6) is 5.22. The highest BCUT2D eigenvalue weighted by Gasteiger charge is 2.14. The molecule has 0 unspecified atom stereocenters. The first-order chi connectivity index (χ1) is 4.63. The van der Waals surface area contributed by atoms with Crippen molar-refractivity contribution in [3.63, 3.8) is 0 Å². The number of carbonyl (C=O) groups is 1. The van der Waals surface area contributed by atoms with E-state index in [1.54, 1.807) is 0 Å². The number of hydrogen-bond acceptors (Lipinski definition) is 4. The third kappa shape index (κ3) is 2.20. The molecule has 0 fully saturated rings. The van der Waals surface area contributed by atoms with E-state index in [1.165, 1.54) is 7.11 Å². The molecule has 0 saturated carbocycles. The van der Waals surface area contributed by atoms with Gasteiger partial charge in [-0.15, -0.1) is 0 Å². The van der Waals surface area contributed by atoms with Crippen molar-refractivity contribution in [2.75, 3.05) is 7.11 Å². The van der Waals surface area contributed by atoms with E-state index in [0.29, 0.717) is 6.42 Å². The minimum Gasteiger partial charge on any atom is -0.452 e. The fraction of sp³-hybridized carbons (Fsp3) is 0.800. The molecule has 0 saturated heterocycles. The van der Waals surface area contributed by atoms with Gasteiger partial charge in [-0.25, -0.2) is 15.6 Å². The van der Waals surface area contributed by atoms with Crippen LogP contribution in [-0.2, 0) is 4.74 Å². The molecule has 0 heterocycles. The van der Waals surface area contributed by atoms with Crippen molar-refractivity contribution in [3.05, 3.63) is 0 Å². The molecule has 4 N–H and O–H groups in total. The Kier molecular flexibility index (Phi) is 3.75. The maximum atomic E-state index is 10.6. The zero-order valence-electron chi connectivity index (χ0n) is 6.20. The number of nitrogens with zero attached hydrogens (tertiary/aromatic N) is 1. The summed E-state index contributed by atoms with van der Waals surface area (Å²) >= 11 is 0. The van der Waals surface area contributed by atoms with Gasteiger partial charge in [-0.3, -0.25) is 0 Å². The third-order valence-electron chi connectivity index (χ3n) is 1.16. The highest BCUT2D eigenvalue weighted by Crippen LogP contribution is 1.92. The smallest absolute Gasteiger partial charge is 0.425 e. The van der Waals surface area contributed by atoms with E-state index in [1.807, 2.05) is 6.92 Å². The topological polar surface area (TPSA) is 81.6 Å². The SMILES string of the molecule is CC[C@@H](N)N(N)C(=O)OC. The van der Waals surface area contributed by atoms with Crippen LogP contribution in [0.5, 0.6) is 0 Å². The highest BCUT2D eigenvalue weighted by atomic mass is 16.5. The number of methoxy groups -OCH3 is 1. The lowest BCUT2D eigenvalue weighted by Crippen LogP contribution is -2.49. The summed E-state index contributed by atoms with van der Waals surface area (Å²) in [4.78, 5) is 10.6. The fourth-order valence-electron chi connectivity index (χ4n) is 0.437. The monoisotopic (exact) mass is 147 g/mol. The van der Waals surface area contributed by atoms with Gasteiger partial charge < -0.3 is 10.5 Å². The number of carbonyl (C=O) groups excluding carboxylic acids is 1. The quantitative estimate of drug-likeness (QED) is 0.241. The molecular formula is C5H13N3O2. The molecule has 5 nitrogen and oxygen atoms in total. The molecule has 0 aliphatic rings. The lowest BCUT2D eigenvalue weighted by molar-refractivity contribution is 0.105. The summed E-state index contributed by atoms with van der Waals surface area (Å²) in [6, 6.07) is 0. The van der Waals surface area contributed by atoms with Gasteiger partial charge in [0.25, 0.3) is 0 Å². The van der Waals surface area contributed by atoms with E-state index in [9.17, 15) is 4.79 Å². The van der Waals surface area contributed by atoms with Crippen LogP contribution >= 0.6 is 0 Å². The maximum Gasteiger partial charge on any atom is 0.425 e. The second-order valence-corrected chi connectivity index (χ2v) is 1.85. The average Bonchev–Trinajstić information content (AvgIpc) is 2.00. The van der Waals surface area contributed by atoms with Crippen molar-refractivity contribution in [2.45, 2.75) is 19.5 Å². The van der Waals surface area contributed by atoms with Crippen LogP contribution in [0, 0.1) is 0 Å². The highest BCUT2D eigenvalue weighted by molar-refractivity contribution is 5.66. The minimum absolute atomic E-state index is 0.465. The lowest BCUT2D eigenvalue weighted by atomic mass is 10.4. The molecule has 0 rings (SSSR count). The number of rotatable bonds is 2. The van der Waals surface area contributed by atoms with Crippen LogP contribution in [0.4, 0.5) is 4.79 Å². The van der Waals surface area contributed by atoms with Crippen LogP contribution in [0.2, 0.25) is 0 Å². The first-order valence-corrected chi connectivity index (χ1v) is 3.01. The molecule has 1 atom stereocenters. The van der Waals surface area contributed by atoms with Crippen LogP contribution in [0.25, 0.3) is 0 Å². The van der Waals surface area contributed by atoms with E-state index in [2.05, 4.69) is 4.74 Å². The number of ether oxygens (including phenoxy) is 1. The molecular weight excluding hydrogens is 134 g/mol. The normalized spacial score (nSPS) is 12.4. The average molecular weight is 147 g/mol. The van der Waals surface area contributed by atoms with E-state index >= 15 is 0 Å². The Morgan fingerprint density at radius 3 is 2.60 bits per heavy atom. The van der Waals surface area contributed by atoms with E-state index in [-0.39, 0.29) is 0 Å². The Balaban J connectivity index is 3.81. The van der Waals surface area contributed by atoms with Gasteiger partial charge in [0.2, 0.25) is 0 Å².